The van der Waals surface area contributed by atoms with Crippen LogP contribution in [0.15, 0.2) is 6.20 Å². The molecule has 0 aromatic carbocycles. The van der Waals surface area contributed by atoms with Gasteiger partial charge in [0.1, 0.15) is 0 Å². The van der Waals surface area contributed by atoms with E-state index in [9.17, 15) is 4.79 Å². The van der Waals surface area contributed by atoms with E-state index in [2.05, 4.69) is 33.8 Å². The summed E-state index contributed by atoms with van der Waals surface area (Å²) in [6.45, 7) is 7.85. The molecule has 0 atom stereocenters. The standard InChI is InChI=1S/C13H23N3O2S/c1-4-16(5-2)13-15-10-11(19-13)9-14-8-6-7-12(17)18-3/h10,14H,4-9H2,1-3H3. The Hall–Kier alpha value is -1.14. The van der Waals surface area contributed by atoms with Crippen LogP contribution in [0, 0.1) is 0 Å². The molecule has 0 aliphatic rings. The number of methoxy groups -OCH3 is 1. The van der Waals surface area contributed by atoms with E-state index in [-0.39, 0.29) is 5.97 Å². The van der Waals surface area contributed by atoms with Crippen molar-refractivity contribution >= 4 is 22.4 Å². The lowest BCUT2D eigenvalue weighted by Gasteiger charge is -2.16. The van der Waals surface area contributed by atoms with Crippen molar-refractivity contribution in [2.75, 3.05) is 31.6 Å². The third-order valence-corrected chi connectivity index (χ3v) is 3.89. The highest BCUT2D eigenvalue weighted by Crippen LogP contribution is 2.21. The average Bonchev–Trinajstić information content (AvgIpc) is 2.88. The largest absolute Gasteiger partial charge is 0.469 e. The highest BCUT2D eigenvalue weighted by molar-refractivity contribution is 7.15. The van der Waals surface area contributed by atoms with Gasteiger partial charge in [-0.3, -0.25) is 4.79 Å². The Morgan fingerprint density at radius 2 is 2.21 bits per heavy atom. The van der Waals surface area contributed by atoms with Crippen molar-refractivity contribution in [3.8, 4) is 0 Å². The molecule has 1 aromatic heterocycles. The van der Waals surface area contributed by atoms with Gasteiger partial charge in [-0.05, 0) is 26.8 Å². The number of ether oxygens (including phenoxy) is 1. The summed E-state index contributed by atoms with van der Waals surface area (Å²) in [7, 11) is 1.42. The maximum atomic E-state index is 10.9. The third kappa shape index (κ3) is 5.57. The van der Waals surface area contributed by atoms with E-state index in [4.69, 9.17) is 0 Å². The predicted octanol–water partition coefficient (Wildman–Crippen LogP) is 2.03. The predicted molar refractivity (Wildman–Crippen MR) is 78.6 cm³/mol. The molecule has 0 aliphatic heterocycles. The zero-order valence-electron chi connectivity index (χ0n) is 11.9. The fraction of sp³-hybridized carbons (Fsp3) is 0.692. The summed E-state index contributed by atoms with van der Waals surface area (Å²) < 4.78 is 4.59. The van der Waals surface area contributed by atoms with Crippen LogP contribution in [0.3, 0.4) is 0 Å². The molecule has 0 amide bonds. The van der Waals surface area contributed by atoms with E-state index in [1.54, 1.807) is 11.3 Å². The van der Waals surface area contributed by atoms with Crippen molar-refractivity contribution < 1.29 is 9.53 Å². The summed E-state index contributed by atoms with van der Waals surface area (Å²) in [6, 6.07) is 0. The van der Waals surface area contributed by atoms with Crippen LogP contribution in [0.4, 0.5) is 5.13 Å². The molecule has 0 bridgehead atoms. The van der Waals surface area contributed by atoms with E-state index in [0.29, 0.717) is 6.42 Å². The summed E-state index contributed by atoms with van der Waals surface area (Å²) in [4.78, 5) is 18.8. The zero-order chi connectivity index (χ0) is 14.1. The van der Waals surface area contributed by atoms with Crippen LogP contribution in [0.5, 0.6) is 0 Å². The number of rotatable bonds is 9. The molecule has 0 saturated heterocycles. The maximum Gasteiger partial charge on any atom is 0.305 e. The Kier molecular flexibility index (Phi) is 7.43. The van der Waals surface area contributed by atoms with Gasteiger partial charge in [0, 0.05) is 37.1 Å². The molecular formula is C13H23N3O2S. The molecule has 0 spiro atoms. The molecule has 1 rings (SSSR count). The van der Waals surface area contributed by atoms with E-state index in [1.807, 2.05) is 6.20 Å². The molecule has 1 N–H and O–H groups in total. The minimum atomic E-state index is -0.150. The first-order valence-corrected chi connectivity index (χ1v) is 7.50. The summed E-state index contributed by atoms with van der Waals surface area (Å²) >= 11 is 1.72. The number of anilines is 1. The quantitative estimate of drug-likeness (QED) is 0.556. The van der Waals surface area contributed by atoms with Crippen LogP contribution in [0.2, 0.25) is 0 Å². The summed E-state index contributed by atoms with van der Waals surface area (Å²) in [5.41, 5.74) is 0. The molecule has 0 unspecified atom stereocenters. The fourth-order valence-electron chi connectivity index (χ4n) is 1.69. The summed E-state index contributed by atoms with van der Waals surface area (Å²) in [5.74, 6) is -0.150. The first kappa shape index (κ1) is 15.9. The molecule has 0 saturated carbocycles. The highest BCUT2D eigenvalue weighted by atomic mass is 32.1. The van der Waals surface area contributed by atoms with Crippen molar-refractivity contribution in [3.63, 3.8) is 0 Å². The van der Waals surface area contributed by atoms with Crippen molar-refractivity contribution in [1.82, 2.24) is 10.3 Å². The minimum absolute atomic E-state index is 0.150. The molecule has 0 aliphatic carbocycles. The van der Waals surface area contributed by atoms with Crippen LogP contribution in [-0.4, -0.2) is 37.7 Å². The lowest BCUT2D eigenvalue weighted by Crippen LogP contribution is -2.21. The average molecular weight is 285 g/mol. The van der Waals surface area contributed by atoms with Crippen molar-refractivity contribution in [2.24, 2.45) is 0 Å². The van der Waals surface area contributed by atoms with Gasteiger partial charge in [0.15, 0.2) is 5.13 Å². The number of thiazole rings is 1. The van der Waals surface area contributed by atoms with Crippen LogP contribution in [0.25, 0.3) is 0 Å². The van der Waals surface area contributed by atoms with Gasteiger partial charge in [-0.1, -0.05) is 0 Å². The minimum Gasteiger partial charge on any atom is -0.469 e. The molecular weight excluding hydrogens is 262 g/mol. The molecule has 5 nitrogen and oxygen atoms in total. The Labute approximate surface area is 119 Å². The molecule has 6 heteroatoms. The molecule has 19 heavy (non-hydrogen) atoms. The van der Waals surface area contributed by atoms with Gasteiger partial charge in [-0.2, -0.15) is 0 Å². The Morgan fingerprint density at radius 3 is 2.84 bits per heavy atom. The number of hydrogen-bond donors (Lipinski definition) is 1. The van der Waals surface area contributed by atoms with E-state index in [0.717, 1.165) is 37.7 Å². The van der Waals surface area contributed by atoms with E-state index >= 15 is 0 Å². The fourth-order valence-corrected chi connectivity index (χ4v) is 2.70. The zero-order valence-corrected chi connectivity index (χ0v) is 12.8. The first-order chi connectivity index (χ1) is 9.21. The molecule has 1 heterocycles. The van der Waals surface area contributed by atoms with Crippen LogP contribution in [0.1, 0.15) is 31.6 Å². The third-order valence-electron chi connectivity index (χ3n) is 2.84. The number of aromatic nitrogens is 1. The van der Waals surface area contributed by atoms with Crippen LogP contribution >= 0.6 is 11.3 Å². The molecule has 108 valence electrons. The maximum absolute atomic E-state index is 10.9. The number of carbonyl (C=O) groups excluding carboxylic acids is 1. The van der Waals surface area contributed by atoms with Crippen molar-refractivity contribution in [2.45, 2.75) is 33.2 Å². The SMILES string of the molecule is CCN(CC)c1ncc(CNCCCC(=O)OC)s1. The first-order valence-electron chi connectivity index (χ1n) is 6.68. The molecule has 0 fully saturated rings. The number of hydrogen-bond acceptors (Lipinski definition) is 6. The summed E-state index contributed by atoms with van der Waals surface area (Å²) in [5, 5.41) is 4.39. The molecule has 1 aromatic rings. The number of carbonyl (C=O) groups is 1. The highest BCUT2D eigenvalue weighted by Gasteiger charge is 2.07. The second-order valence-corrected chi connectivity index (χ2v) is 5.23. The van der Waals surface area contributed by atoms with Crippen molar-refractivity contribution in [1.29, 1.82) is 0 Å². The van der Waals surface area contributed by atoms with Gasteiger partial charge in [0.05, 0.1) is 7.11 Å². The Balaban J connectivity index is 2.25. The summed E-state index contributed by atoms with van der Waals surface area (Å²) in [6.07, 6.45) is 3.19. The van der Waals surface area contributed by atoms with Crippen LogP contribution < -0.4 is 10.2 Å². The molecule has 0 radical (unpaired) electrons. The Morgan fingerprint density at radius 1 is 1.47 bits per heavy atom. The van der Waals surface area contributed by atoms with Gasteiger partial charge in [0.2, 0.25) is 0 Å². The second-order valence-electron chi connectivity index (χ2n) is 4.14. The lowest BCUT2D eigenvalue weighted by atomic mass is 10.3. The number of esters is 1. The van der Waals surface area contributed by atoms with Crippen LogP contribution in [-0.2, 0) is 16.1 Å². The van der Waals surface area contributed by atoms with E-state index < -0.39 is 0 Å². The van der Waals surface area contributed by atoms with Gasteiger partial charge >= 0.3 is 5.97 Å². The monoisotopic (exact) mass is 285 g/mol. The topological polar surface area (TPSA) is 54.5 Å². The lowest BCUT2D eigenvalue weighted by molar-refractivity contribution is -0.140. The number of nitrogens with zero attached hydrogens (tertiary/aromatic N) is 2. The van der Waals surface area contributed by atoms with E-state index in [1.165, 1.54) is 12.0 Å². The van der Waals surface area contributed by atoms with Gasteiger partial charge in [-0.15, -0.1) is 11.3 Å². The smallest absolute Gasteiger partial charge is 0.305 e. The van der Waals surface area contributed by atoms with Gasteiger partial charge in [-0.25, -0.2) is 4.98 Å². The number of nitrogens with one attached hydrogen (secondary N) is 1. The Bertz CT molecular complexity index is 378. The van der Waals surface area contributed by atoms with Gasteiger partial charge < -0.3 is 15.0 Å². The second kappa shape index (κ2) is 8.87. The van der Waals surface area contributed by atoms with Gasteiger partial charge in [0.25, 0.3) is 0 Å². The van der Waals surface area contributed by atoms with Crippen molar-refractivity contribution in [3.05, 3.63) is 11.1 Å². The normalized spacial score (nSPS) is 10.5.